The predicted molar refractivity (Wildman–Crippen MR) is 106 cm³/mol. The fourth-order valence-electron chi connectivity index (χ4n) is 2.77. The Morgan fingerprint density at radius 2 is 1.70 bits per heavy atom. The molecule has 0 aliphatic carbocycles. The zero-order valence-electron chi connectivity index (χ0n) is 17.2. The van der Waals surface area contributed by atoms with E-state index in [0.29, 0.717) is 6.61 Å². The molecular formula is C20H34O6Si. The molecule has 1 saturated heterocycles. The molecule has 0 unspecified atom stereocenters. The van der Waals surface area contributed by atoms with E-state index < -0.39 is 39.0 Å². The van der Waals surface area contributed by atoms with Crippen LogP contribution in [0.2, 0.25) is 18.1 Å². The van der Waals surface area contributed by atoms with Crippen molar-refractivity contribution in [1.82, 2.24) is 0 Å². The van der Waals surface area contributed by atoms with E-state index in [9.17, 15) is 10.2 Å². The van der Waals surface area contributed by atoms with Crippen LogP contribution < -0.4 is 0 Å². The van der Waals surface area contributed by atoms with Crippen molar-refractivity contribution in [3.05, 3.63) is 35.9 Å². The van der Waals surface area contributed by atoms with Gasteiger partial charge in [0.15, 0.2) is 14.6 Å². The molecule has 6 nitrogen and oxygen atoms in total. The first-order valence-corrected chi connectivity index (χ1v) is 12.3. The maximum Gasteiger partial charge on any atom is 0.192 e. The van der Waals surface area contributed by atoms with E-state index >= 15 is 0 Å². The van der Waals surface area contributed by atoms with E-state index in [4.69, 9.17) is 18.6 Å². The van der Waals surface area contributed by atoms with Crippen LogP contribution in [-0.2, 0) is 25.2 Å². The summed E-state index contributed by atoms with van der Waals surface area (Å²) in [5.41, 5.74) is 0.970. The van der Waals surface area contributed by atoms with Crippen molar-refractivity contribution in [1.29, 1.82) is 0 Å². The number of hydrogen-bond acceptors (Lipinski definition) is 6. The van der Waals surface area contributed by atoms with E-state index in [1.54, 1.807) is 0 Å². The molecule has 7 heteroatoms. The Balaban J connectivity index is 1.99. The minimum atomic E-state index is -1.99. The molecule has 1 fully saturated rings. The van der Waals surface area contributed by atoms with E-state index in [0.717, 1.165) is 5.56 Å². The van der Waals surface area contributed by atoms with Crippen LogP contribution in [0.1, 0.15) is 26.3 Å². The SMILES string of the molecule is CO[C@H]1[C@H](O)[C@@H](CO[Si](C)(C)C(C)(C)C)O[C@H](O)[C@@H]1OCc1ccccc1. The van der Waals surface area contributed by atoms with Crippen LogP contribution >= 0.6 is 0 Å². The second kappa shape index (κ2) is 9.13. The van der Waals surface area contributed by atoms with Gasteiger partial charge in [0.1, 0.15) is 24.4 Å². The van der Waals surface area contributed by atoms with Crippen LogP contribution in [0.3, 0.4) is 0 Å². The van der Waals surface area contributed by atoms with Gasteiger partial charge in [0.05, 0.1) is 13.2 Å². The molecular weight excluding hydrogens is 364 g/mol. The summed E-state index contributed by atoms with van der Waals surface area (Å²) in [5.74, 6) is 0. The summed E-state index contributed by atoms with van der Waals surface area (Å²) in [7, 11) is -0.497. The lowest BCUT2D eigenvalue weighted by Crippen LogP contribution is -2.60. The van der Waals surface area contributed by atoms with Gasteiger partial charge in [-0.15, -0.1) is 0 Å². The zero-order valence-corrected chi connectivity index (χ0v) is 18.2. The van der Waals surface area contributed by atoms with Crippen molar-refractivity contribution < 1.29 is 28.8 Å². The standard InChI is InChI=1S/C20H34O6Si/c1-20(2,3)27(5,6)25-13-15-16(21)17(23-4)18(19(22)26-15)24-12-14-10-8-7-9-11-14/h7-11,15-19,21-22H,12-13H2,1-6H3/t15-,16-,17+,18-,19+/m1/s1. The monoisotopic (exact) mass is 398 g/mol. The molecule has 0 bridgehead atoms. The van der Waals surface area contributed by atoms with Crippen molar-refractivity contribution in [2.45, 2.75) is 76.2 Å². The fraction of sp³-hybridized carbons (Fsp3) is 0.700. The molecule has 5 atom stereocenters. The third-order valence-electron chi connectivity index (χ3n) is 5.61. The lowest BCUT2D eigenvalue weighted by molar-refractivity contribution is -0.301. The van der Waals surface area contributed by atoms with E-state index in [-0.39, 0.29) is 11.6 Å². The Bertz CT molecular complexity index is 574. The number of benzene rings is 1. The average molecular weight is 399 g/mol. The normalized spacial score (nSPS) is 29.7. The number of aliphatic hydroxyl groups excluding tert-OH is 2. The molecule has 2 N–H and O–H groups in total. The van der Waals surface area contributed by atoms with E-state index in [1.165, 1.54) is 7.11 Å². The van der Waals surface area contributed by atoms with Crippen LogP contribution in [0, 0.1) is 0 Å². The topological polar surface area (TPSA) is 77.4 Å². The van der Waals surface area contributed by atoms with Crippen LogP contribution in [0.25, 0.3) is 0 Å². The van der Waals surface area contributed by atoms with Crippen molar-refractivity contribution >= 4 is 8.32 Å². The summed E-state index contributed by atoms with van der Waals surface area (Å²) < 4.78 is 23.0. The third kappa shape index (κ3) is 5.60. The molecule has 0 radical (unpaired) electrons. The summed E-state index contributed by atoms with van der Waals surface area (Å²) in [6.07, 6.45) is -4.31. The largest absolute Gasteiger partial charge is 0.414 e. The van der Waals surface area contributed by atoms with Gasteiger partial charge in [0.2, 0.25) is 0 Å². The zero-order chi connectivity index (χ0) is 20.2. The maximum atomic E-state index is 10.7. The molecule has 1 aromatic carbocycles. The molecule has 1 aromatic rings. The van der Waals surface area contributed by atoms with Gasteiger partial charge in [-0.25, -0.2) is 0 Å². The van der Waals surface area contributed by atoms with Crippen LogP contribution in [0.4, 0.5) is 0 Å². The van der Waals surface area contributed by atoms with Crippen molar-refractivity contribution in [3.8, 4) is 0 Å². The highest BCUT2D eigenvalue weighted by Gasteiger charge is 2.47. The summed E-state index contributed by atoms with van der Waals surface area (Å²) in [6, 6.07) is 9.64. The number of ether oxygens (including phenoxy) is 3. The van der Waals surface area contributed by atoms with Gasteiger partial charge in [-0.3, -0.25) is 0 Å². The Morgan fingerprint density at radius 3 is 2.26 bits per heavy atom. The Kier molecular flexibility index (Phi) is 7.60. The fourth-order valence-corrected chi connectivity index (χ4v) is 3.78. The highest BCUT2D eigenvalue weighted by Crippen LogP contribution is 2.37. The first-order chi connectivity index (χ1) is 12.6. The van der Waals surface area contributed by atoms with Gasteiger partial charge < -0.3 is 28.8 Å². The Labute approximate surface area is 163 Å². The van der Waals surface area contributed by atoms with E-state index in [1.807, 2.05) is 30.3 Å². The summed E-state index contributed by atoms with van der Waals surface area (Å²) in [4.78, 5) is 0. The van der Waals surface area contributed by atoms with Crippen molar-refractivity contribution in [2.24, 2.45) is 0 Å². The van der Waals surface area contributed by atoms with Gasteiger partial charge in [-0.05, 0) is 23.7 Å². The Hall–Kier alpha value is -0.803. The number of hydrogen-bond donors (Lipinski definition) is 2. The highest BCUT2D eigenvalue weighted by atomic mass is 28.4. The van der Waals surface area contributed by atoms with Gasteiger partial charge >= 0.3 is 0 Å². The quantitative estimate of drug-likeness (QED) is 0.688. The molecule has 0 spiro atoms. The molecule has 1 aliphatic rings. The first kappa shape index (κ1) is 22.5. The second-order valence-electron chi connectivity index (χ2n) is 8.59. The molecule has 154 valence electrons. The lowest BCUT2D eigenvalue weighted by Gasteiger charge is -2.44. The molecule has 27 heavy (non-hydrogen) atoms. The highest BCUT2D eigenvalue weighted by molar-refractivity contribution is 6.74. The van der Waals surface area contributed by atoms with Gasteiger partial charge in [0.25, 0.3) is 0 Å². The number of methoxy groups -OCH3 is 1. The van der Waals surface area contributed by atoms with Crippen molar-refractivity contribution in [2.75, 3.05) is 13.7 Å². The summed E-state index contributed by atoms with van der Waals surface area (Å²) >= 11 is 0. The molecule has 1 heterocycles. The van der Waals surface area contributed by atoms with Gasteiger partial charge in [-0.2, -0.15) is 0 Å². The smallest absolute Gasteiger partial charge is 0.192 e. The molecule has 0 saturated carbocycles. The first-order valence-electron chi connectivity index (χ1n) is 9.40. The molecule has 1 aliphatic heterocycles. The number of rotatable bonds is 7. The average Bonchev–Trinajstić information content (AvgIpc) is 2.60. The van der Waals surface area contributed by atoms with Crippen LogP contribution in [0.5, 0.6) is 0 Å². The Morgan fingerprint density at radius 1 is 1.07 bits per heavy atom. The second-order valence-corrected chi connectivity index (χ2v) is 13.4. The lowest BCUT2D eigenvalue weighted by atomic mass is 9.99. The minimum Gasteiger partial charge on any atom is -0.414 e. The predicted octanol–water partition coefficient (Wildman–Crippen LogP) is 2.69. The van der Waals surface area contributed by atoms with Crippen molar-refractivity contribution in [3.63, 3.8) is 0 Å². The minimum absolute atomic E-state index is 0.0488. The van der Waals surface area contributed by atoms with Crippen LogP contribution in [-0.4, -0.2) is 63.0 Å². The van der Waals surface area contributed by atoms with Gasteiger partial charge in [0, 0.05) is 7.11 Å². The number of aliphatic hydroxyl groups is 2. The van der Waals surface area contributed by atoms with Crippen LogP contribution in [0.15, 0.2) is 30.3 Å². The molecule has 0 aromatic heterocycles. The molecule has 0 amide bonds. The van der Waals surface area contributed by atoms with Gasteiger partial charge in [-0.1, -0.05) is 51.1 Å². The maximum absolute atomic E-state index is 10.7. The van der Waals surface area contributed by atoms with E-state index in [2.05, 4.69) is 33.9 Å². The third-order valence-corrected chi connectivity index (χ3v) is 10.1. The molecule has 2 rings (SSSR count). The summed E-state index contributed by atoms with van der Waals surface area (Å²) in [6.45, 7) is 11.2. The summed E-state index contributed by atoms with van der Waals surface area (Å²) in [5, 5.41) is 21.2.